The molecule has 9 heteroatoms. The normalized spacial score (nSPS) is 14.4. The number of hydrogen-bond donors (Lipinski definition) is 1. The highest BCUT2D eigenvalue weighted by Crippen LogP contribution is 2.43. The lowest BCUT2D eigenvalue weighted by molar-refractivity contribution is -0.870. The maximum atomic E-state index is 12.3. The summed E-state index contributed by atoms with van der Waals surface area (Å²) in [7, 11) is 2.26. The summed E-state index contributed by atoms with van der Waals surface area (Å²) < 4.78 is 34.5. The topological polar surface area (TPSA) is 91.3 Å². The summed E-state index contributed by atoms with van der Waals surface area (Å²) in [5, 5.41) is 0. The predicted molar refractivity (Wildman–Crippen MR) is 169 cm³/mol. The number of quaternary nitrogens is 1. The molecule has 244 valence electrons. The van der Waals surface area contributed by atoms with Gasteiger partial charge >= 0.3 is 13.8 Å². The second-order valence-corrected chi connectivity index (χ2v) is 13.7. The Balaban J connectivity index is 4.00. The van der Waals surface area contributed by atoms with E-state index in [-0.39, 0.29) is 19.8 Å². The first-order valence-electron chi connectivity index (χ1n) is 16.4. The quantitative estimate of drug-likeness (QED) is 0.0289. The number of nitrogens with zero attached hydrogens (tertiary/aromatic N) is 1. The van der Waals surface area contributed by atoms with E-state index in [1.165, 1.54) is 83.1 Å². The van der Waals surface area contributed by atoms with Crippen LogP contribution in [-0.2, 0) is 27.9 Å². The smallest absolute Gasteiger partial charge is 0.454 e. The van der Waals surface area contributed by atoms with Crippen LogP contribution in [0.2, 0.25) is 0 Å². The number of phosphoric acid groups is 1. The third-order valence-electron chi connectivity index (χ3n) is 6.93. The fourth-order valence-corrected chi connectivity index (χ4v) is 5.29. The minimum Gasteiger partial charge on any atom is -0.454 e. The molecule has 0 aliphatic carbocycles. The van der Waals surface area contributed by atoms with Gasteiger partial charge in [0.25, 0.3) is 0 Å². The zero-order valence-electron chi connectivity index (χ0n) is 27.3. The molecule has 2 atom stereocenters. The van der Waals surface area contributed by atoms with Gasteiger partial charge in [0.2, 0.25) is 0 Å². The Bertz CT molecular complexity index is 681. The molecule has 0 bridgehead atoms. The number of carbonyl (C=O) groups excluding carboxylic acids is 1. The molecule has 1 N–H and O–H groups in total. The van der Waals surface area contributed by atoms with Crippen LogP contribution in [0.4, 0.5) is 0 Å². The lowest BCUT2D eigenvalue weighted by Crippen LogP contribution is -2.35. The zero-order chi connectivity index (χ0) is 30.7. The molecule has 1 unspecified atom stereocenters. The Morgan fingerprint density at radius 1 is 0.732 bits per heavy atom. The van der Waals surface area contributed by atoms with Crippen molar-refractivity contribution >= 4 is 13.8 Å². The summed E-state index contributed by atoms with van der Waals surface area (Å²) in [4.78, 5) is 22.0. The Morgan fingerprint density at radius 2 is 1.22 bits per heavy atom. The van der Waals surface area contributed by atoms with E-state index in [0.29, 0.717) is 13.0 Å². The molecule has 0 heterocycles. The third kappa shape index (κ3) is 30.5. The third-order valence-corrected chi connectivity index (χ3v) is 7.92. The molecule has 41 heavy (non-hydrogen) atoms. The summed E-state index contributed by atoms with van der Waals surface area (Å²) in [5.74, 6) is -0.538. The summed E-state index contributed by atoms with van der Waals surface area (Å²) in [6, 6.07) is 0. The van der Waals surface area contributed by atoms with E-state index in [4.69, 9.17) is 18.5 Å². The van der Waals surface area contributed by atoms with Gasteiger partial charge in [-0.3, -0.25) is 9.05 Å². The van der Waals surface area contributed by atoms with Crippen molar-refractivity contribution in [2.45, 2.75) is 136 Å². The van der Waals surface area contributed by atoms with Gasteiger partial charge in [0.1, 0.15) is 6.10 Å². The van der Waals surface area contributed by atoms with Crippen molar-refractivity contribution in [2.24, 2.45) is 0 Å². The van der Waals surface area contributed by atoms with E-state index in [1.54, 1.807) is 13.0 Å². The van der Waals surface area contributed by atoms with Gasteiger partial charge in [0.15, 0.2) is 0 Å². The van der Waals surface area contributed by atoms with Crippen LogP contribution in [0, 0.1) is 0 Å². The Kier molecular flexibility index (Phi) is 26.3. The van der Waals surface area contributed by atoms with Crippen molar-refractivity contribution in [3.63, 3.8) is 0 Å². The van der Waals surface area contributed by atoms with Gasteiger partial charge in [-0.25, -0.2) is 9.36 Å². The fourth-order valence-electron chi connectivity index (χ4n) is 4.51. The SMILES string of the molecule is C/C=C/C(=O)O[C@@H](COCCCCCCCCCCCCCCCC)COP(=O)(O)OCCCCCC[N+](C)(C)C. The van der Waals surface area contributed by atoms with Crippen molar-refractivity contribution in [1.29, 1.82) is 0 Å². The van der Waals surface area contributed by atoms with Crippen molar-refractivity contribution in [3.8, 4) is 0 Å². The van der Waals surface area contributed by atoms with Crippen LogP contribution in [0.1, 0.15) is 129 Å². The van der Waals surface area contributed by atoms with E-state index in [0.717, 1.165) is 43.1 Å². The first kappa shape index (κ1) is 40.2. The van der Waals surface area contributed by atoms with Gasteiger partial charge in [-0.1, -0.05) is 103 Å². The highest BCUT2D eigenvalue weighted by atomic mass is 31.2. The minimum atomic E-state index is -4.23. The van der Waals surface area contributed by atoms with Gasteiger partial charge in [-0.05, 0) is 32.6 Å². The molecular formula is C32H65NO7P+. The van der Waals surface area contributed by atoms with Gasteiger partial charge in [0, 0.05) is 12.7 Å². The summed E-state index contributed by atoms with van der Waals surface area (Å²) >= 11 is 0. The van der Waals surface area contributed by atoms with Crippen molar-refractivity contribution < 1.29 is 37.3 Å². The first-order chi connectivity index (χ1) is 19.6. The largest absolute Gasteiger partial charge is 0.472 e. The summed E-state index contributed by atoms with van der Waals surface area (Å²) in [6.07, 6.45) is 24.0. The number of allylic oxidation sites excluding steroid dienone is 1. The lowest BCUT2D eigenvalue weighted by Gasteiger charge is -2.23. The van der Waals surface area contributed by atoms with Gasteiger partial charge in [0.05, 0.1) is 47.5 Å². The molecule has 0 aromatic rings. The fraction of sp³-hybridized carbons (Fsp3) is 0.906. The first-order valence-corrected chi connectivity index (χ1v) is 17.9. The van der Waals surface area contributed by atoms with Crippen LogP contribution < -0.4 is 0 Å². The van der Waals surface area contributed by atoms with Gasteiger partial charge in [-0.15, -0.1) is 0 Å². The van der Waals surface area contributed by atoms with Crippen molar-refractivity contribution in [2.75, 3.05) is 54.1 Å². The standard InChI is InChI=1S/C32H64NO7P/c1-6-8-9-10-11-12-13-14-15-16-17-18-20-23-27-37-29-31(40-32(34)25-7-2)30-39-41(35,36)38-28-24-21-19-22-26-33(3,4)5/h7,25,31H,6,8-24,26-30H2,1-5H3/p+1/b25-7+/t31-/m0/s1. The Hall–Kier alpha value is -0.760. The molecule has 0 aromatic heterocycles. The van der Waals surface area contributed by atoms with E-state index < -0.39 is 19.9 Å². The molecule has 0 rings (SSSR count). The molecule has 0 amide bonds. The van der Waals surface area contributed by atoms with Crippen LogP contribution in [0.25, 0.3) is 0 Å². The molecule has 0 spiro atoms. The van der Waals surface area contributed by atoms with Crippen molar-refractivity contribution in [1.82, 2.24) is 0 Å². The Labute approximate surface area is 252 Å². The second kappa shape index (κ2) is 26.8. The molecule has 0 saturated carbocycles. The average Bonchev–Trinajstić information content (AvgIpc) is 2.90. The molecular weight excluding hydrogens is 541 g/mol. The van der Waals surface area contributed by atoms with E-state index in [2.05, 4.69) is 28.1 Å². The second-order valence-electron chi connectivity index (χ2n) is 12.3. The van der Waals surface area contributed by atoms with Crippen LogP contribution in [0.5, 0.6) is 0 Å². The van der Waals surface area contributed by atoms with Gasteiger partial charge < -0.3 is 18.9 Å². The van der Waals surface area contributed by atoms with Crippen LogP contribution >= 0.6 is 7.82 Å². The zero-order valence-corrected chi connectivity index (χ0v) is 28.2. The maximum Gasteiger partial charge on any atom is 0.472 e. The van der Waals surface area contributed by atoms with Crippen LogP contribution in [0.15, 0.2) is 12.2 Å². The number of phosphoric ester groups is 1. The average molecular weight is 607 g/mol. The van der Waals surface area contributed by atoms with Crippen LogP contribution in [-0.4, -0.2) is 75.6 Å². The maximum absolute atomic E-state index is 12.3. The van der Waals surface area contributed by atoms with Crippen LogP contribution in [0.3, 0.4) is 0 Å². The molecule has 0 saturated heterocycles. The molecule has 8 nitrogen and oxygen atoms in total. The van der Waals surface area contributed by atoms with E-state index in [1.807, 2.05) is 0 Å². The molecule has 0 radical (unpaired) electrons. The Morgan fingerprint density at radius 3 is 1.73 bits per heavy atom. The molecule has 0 aliphatic rings. The number of hydrogen-bond acceptors (Lipinski definition) is 6. The number of carbonyl (C=O) groups is 1. The van der Waals surface area contributed by atoms with E-state index in [9.17, 15) is 14.3 Å². The number of esters is 1. The lowest BCUT2D eigenvalue weighted by atomic mass is 10.0. The molecule has 0 aromatic carbocycles. The predicted octanol–water partition coefficient (Wildman–Crippen LogP) is 8.37. The highest BCUT2D eigenvalue weighted by Gasteiger charge is 2.25. The molecule has 0 fully saturated rings. The highest BCUT2D eigenvalue weighted by molar-refractivity contribution is 7.47. The number of ether oxygens (including phenoxy) is 2. The summed E-state index contributed by atoms with van der Waals surface area (Å²) in [6.45, 7) is 5.62. The number of rotatable bonds is 30. The summed E-state index contributed by atoms with van der Waals surface area (Å²) in [5.41, 5.74) is 0. The van der Waals surface area contributed by atoms with E-state index >= 15 is 0 Å². The minimum absolute atomic E-state index is 0.105. The van der Waals surface area contributed by atoms with Crippen molar-refractivity contribution in [3.05, 3.63) is 12.2 Å². The monoisotopic (exact) mass is 606 g/mol. The van der Waals surface area contributed by atoms with Gasteiger partial charge in [-0.2, -0.15) is 0 Å². The number of unbranched alkanes of at least 4 members (excludes halogenated alkanes) is 16. The molecule has 0 aliphatic heterocycles.